The molecule has 0 aliphatic carbocycles. The number of oxime groups is 1. The third-order valence-electron chi connectivity index (χ3n) is 3.15. The smallest absolute Gasteiger partial charge is 0.342 e. The van der Waals surface area contributed by atoms with Gasteiger partial charge in [-0.2, -0.15) is 0 Å². The lowest BCUT2D eigenvalue weighted by Gasteiger charge is -2.18. The van der Waals surface area contributed by atoms with Crippen LogP contribution in [0.5, 0.6) is 0 Å². The predicted molar refractivity (Wildman–Crippen MR) is 96.9 cm³/mol. The Kier molecular flexibility index (Phi) is 8.62. The largest absolute Gasteiger partial charge is 0.515 e. The number of carbonyl (C=O) groups excluding carboxylic acids is 1. The Balaban J connectivity index is 2.61. The topological polar surface area (TPSA) is 47.9 Å². The van der Waals surface area contributed by atoms with Crippen LogP contribution in [0.4, 0.5) is 0 Å². The van der Waals surface area contributed by atoms with Crippen LogP contribution >= 0.6 is 0 Å². The average molecular weight is 336 g/mol. The van der Waals surface area contributed by atoms with Gasteiger partial charge in [0.05, 0.1) is 0 Å². The summed E-state index contributed by atoms with van der Waals surface area (Å²) in [5.41, 5.74) is 1.43. The highest BCUT2D eigenvalue weighted by atomic mass is 28.4. The fraction of sp³-hybridized carbons (Fsp3) is 0.556. The van der Waals surface area contributed by atoms with Gasteiger partial charge in [-0.25, -0.2) is 4.79 Å². The fourth-order valence-electron chi connectivity index (χ4n) is 2.00. The van der Waals surface area contributed by atoms with Crippen LogP contribution in [-0.4, -0.2) is 20.0 Å². The molecule has 0 aliphatic rings. The quantitative estimate of drug-likeness (QED) is 0.264. The van der Waals surface area contributed by atoms with E-state index in [1.54, 1.807) is 0 Å². The molecule has 0 heterocycles. The Hall–Kier alpha value is -1.62. The lowest BCUT2D eigenvalue weighted by Crippen LogP contribution is -2.33. The minimum absolute atomic E-state index is 0.325. The highest BCUT2D eigenvalue weighted by Crippen LogP contribution is 2.10. The maximum absolute atomic E-state index is 12.3. The summed E-state index contributed by atoms with van der Waals surface area (Å²) >= 11 is 0. The molecule has 128 valence electrons. The normalized spacial score (nSPS) is 12.1. The molecule has 23 heavy (non-hydrogen) atoms. The van der Waals surface area contributed by atoms with Gasteiger partial charge in [0.2, 0.25) is 8.32 Å². The first-order valence-corrected chi connectivity index (χ1v) is 11.8. The second-order valence-corrected chi connectivity index (χ2v) is 11.0. The summed E-state index contributed by atoms with van der Waals surface area (Å²) in [6.45, 7) is 8.50. The van der Waals surface area contributed by atoms with Crippen LogP contribution in [-0.2, 0) is 20.7 Å². The number of hydrogen-bond donors (Lipinski definition) is 0. The van der Waals surface area contributed by atoms with E-state index in [2.05, 4.69) is 12.1 Å². The van der Waals surface area contributed by atoms with Crippen LogP contribution in [0.1, 0.15) is 44.6 Å². The second-order valence-electron chi connectivity index (χ2n) is 6.61. The van der Waals surface area contributed by atoms with Gasteiger partial charge in [-0.05, 0) is 31.6 Å². The monoisotopic (exact) mass is 335 g/mol. The van der Waals surface area contributed by atoms with Gasteiger partial charge in [-0.1, -0.05) is 61.7 Å². The second kappa shape index (κ2) is 10.2. The Morgan fingerprint density at radius 1 is 1.09 bits per heavy atom. The van der Waals surface area contributed by atoms with Gasteiger partial charge in [-0.15, -0.1) is 0 Å². The summed E-state index contributed by atoms with van der Waals surface area (Å²) < 4.78 is 5.55. The summed E-state index contributed by atoms with van der Waals surface area (Å²) in [7, 11) is -1.93. The molecule has 0 N–H and O–H groups in total. The minimum atomic E-state index is -1.93. The number of nitrogens with zero attached hydrogens (tertiary/aromatic N) is 1. The molecule has 1 aromatic carbocycles. The highest BCUT2D eigenvalue weighted by Gasteiger charge is 2.23. The molecule has 0 spiro atoms. The SMILES string of the molecule is CCCCCC/C(=N\OCc1ccccc1)C(=O)O[Si](C)(C)C. The van der Waals surface area contributed by atoms with Crippen molar-refractivity contribution >= 4 is 20.0 Å². The van der Waals surface area contributed by atoms with Crippen molar-refractivity contribution in [2.24, 2.45) is 5.16 Å². The molecule has 0 atom stereocenters. The zero-order valence-electron chi connectivity index (χ0n) is 14.8. The van der Waals surface area contributed by atoms with Crippen molar-refractivity contribution in [1.29, 1.82) is 0 Å². The van der Waals surface area contributed by atoms with E-state index < -0.39 is 8.32 Å². The first-order valence-electron chi connectivity index (χ1n) is 8.38. The summed E-state index contributed by atoms with van der Waals surface area (Å²) in [5.74, 6) is -0.325. The van der Waals surface area contributed by atoms with E-state index in [0.717, 1.165) is 24.8 Å². The summed E-state index contributed by atoms with van der Waals surface area (Å²) in [5, 5.41) is 4.07. The summed E-state index contributed by atoms with van der Waals surface area (Å²) in [6.07, 6.45) is 4.96. The zero-order chi connectivity index (χ0) is 17.1. The lowest BCUT2D eigenvalue weighted by molar-refractivity contribution is -0.128. The molecule has 0 aromatic heterocycles. The van der Waals surface area contributed by atoms with E-state index >= 15 is 0 Å². The number of benzene rings is 1. The Labute approximate surface area is 141 Å². The van der Waals surface area contributed by atoms with Crippen molar-refractivity contribution < 1.29 is 14.1 Å². The summed E-state index contributed by atoms with van der Waals surface area (Å²) in [4.78, 5) is 17.6. The molecule has 5 heteroatoms. The van der Waals surface area contributed by atoms with E-state index in [9.17, 15) is 4.79 Å². The van der Waals surface area contributed by atoms with Crippen molar-refractivity contribution in [3.8, 4) is 0 Å². The molecule has 0 bridgehead atoms. The van der Waals surface area contributed by atoms with Gasteiger partial charge >= 0.3 is 5.97 Å². The van der Waals surface area contributed by atoms with Gasteiger partial charge in [0.15, 0.2) is 5.71 Å². The molecule has 1 rings (SSSR count). The third-order valence-corrected chi connectivity index (χ3v) is 3.95. The van der Waals surface area contributed by atoms with Gasteiger partial charge < -0.3 is 9.26 Å². The van der Waals surface area contributed by atoms with Crippen molar-refractivity contribution in [1.82, 2.24) is 0 Å². The fourth-order valence-corrected chi connectivity index (χ4v) is 2.67. The van der Waals surface area contributed by atoms with E-state index in [1.165, 1.54) is 6.42 Å². The number of carbonyl (C=O) groups is 1. The molecule has 0 unspecified atom stereocenters. The van der Waals surface area contributed by atoms with Crippen LogP contribution in [0.2, 0.25) is 19.6 Å². The molecular weight excluding hydrogens is 306 g/mol. The summed E-state index contributed by atoms with van der Waals surface area (Å²) in [6, 6.07) is 9.80. The number of hydrogen-bond acceptors (Lipinski definition) is 4. The zero-order valence-corrected chi connectivity index (χ0v) is 15.8. The molecule has 1 aromatic rings. The van der Waals surface area contributed by atoms with E-state index in [0.29, 0.717) is 18.7 Å². The van der Waals surface area contributed by atoms with Crippen molar-refractivity contribution in [2.75, 3.05) is 0 Å². The van der Waals surface area contributed by atoms with Crippen molar-refractivity contribution in [2.45, 2.75) is 65.3 Å². The van der Waals surface area contributed by atoms with Crippen LogP contribution in [0.15, 0.2) is 35.5 Å². The van der Waals surface area contributed by atoms with Gasteiger partial charge in [0.1, 0.15) is 6.61 Å². The van der Waals surface area contributed by atoms with Crippen LogP contribution in [0, 0.1) is 0 Å². The molecule has 0 fully saturated rings. The van der Waals surface area contributed by atoms with Crippen molar-refractivity contribution in [3.63, 3.8) is 0 Å². The Bertz CT molecular complexity index is 495. The van der Waals surface area contributed by atoms with E-state index in [-0.39, 0.29) is 5.97 Å². The minimum Gasteiger partial charge on any atom is -0.515 e. The lowest BCUT2D eigenvalue weighted by atomic mass is 10.1. The van der Waals surface area contributed by atoms with Crippen LogP contribution < -0.4 is 0 Å². The van der Waals surface area contributed by atoms with E-state index in [4.69, 9.17) is 9.26 Å². The third kappa shape index (κ3) is 9.18. The maximum atomic E-state index is 12.3. The van der Waals surface area contributed by atoms with Crippen LogP contribution in [0.25, 0.3) is 0 Å². The standard InChI is InChI=1S/C18H29NO3Si/c1-5-6-7-11-14-17(18(20)22-23(2,3)4)19-21-15-16-12-9-8-10-13-16/h8-10,12-13H,5-7,11,14-15H2,1-4H3/b19-17+. The molecule has 0 radical (unpaired) electrons. The number of rotatable bonds is 10. The average Bonchev–Trinajstić information content (AvgIpc) is 2.49. The Morgan fingerprint density at radius 3 is 2.39 bits per heavy atom. The highest BCUT2D eigenvalue weighted by molar-refractivity contribution is 6.72. The molecular formula is C18H29NO3Si. The van der Waals surface area contributed by atoms with Crippen molar-refractivity contribution in [3.05, 3.63) is 35.9 Å². The van der Waals surface area contributed by atoms with Crippen LogP contribution in [0.3, 0.4) is 0 Å². The molecule has 4 nitrogen and oxygen atoms in total. The molecule has 0 amide bonds. The maximum Gasteiger partial charge on any atom is 0.342 e. The molecule has 0 aliphatic heterocycles. The van der Waals surface area contributed by atoms with Gasteiger partial charge in [0.25, 0.3) is 0 Å². The van der Waals surface area contributed by atoms with E-state index in [1.807, 2.05) is 50.0 Å². The first kappa shape index (κ1) is 19.4. The Morgan fingerprint density at radius 2 is 1.78 bits per heavy atom. The number of unbranched alkanes of at least 4 members (excludes halogenated alkanes) is 3. The first-order chi connectivity index (χ1) is 10.9. The van der Waals surface area contributed by atoms with Gasteiger partial charge in [-0.3, -0.25) is 0 Å². The molecule has 0 saturated carbocycles. The van der Waals surface area contributed by atoms with Gasteiger partial charge in [0, 0.05) is 6.42 Å². The predicted octanol–water partition coefficient (Wildman–Crippen LogP) is 4.91. The molecule has 0 saturated heterocycles.